The second-order valence-electron chi connectivity index (χ2n) is 16.7. The molecule has 1 aromatic heterocycles. The molecule has 2 aliphatic rings. The van der Waals surface area contributed by atoms with Gasteiger partial charge in [-0.1, -0.05) is 182 Å². The molecule has 0 bridgehead atoms. The zero-order valence-electron chi connectivity index (χ0n) is 43.6. The molecular formula is C56H99N5O3. The van der Waals surface area contributed by atoms with E-state index in [1.807, 2.05) is 33.0 Å². The third-order valence-electron chi connectivity index (χ3n) is 11.1. The van der Waals surface area contributed by atoms with Crippen molar-refractivity contribution in [2.75, 3.05) is 27.8 Å². The number of hydrogen-bond donors (Lipinski definition) is 3. The van der Waals surface area contributed by atoms with Crippen molar-refractivity contribution < 1.29 is 14.3 Å². The first kappa shape index (κ1) is 64.4. The highest BCUT2D eigenvalue weighted by Crippen LogP contribution is 2.44. The number of aliphatic imine (C=N–C) groups is 1. The van der Waals surface area contributed by atoms with Crippen LogP contribution >= 0.6 is 0 Å². The molecule has 0 saturated heterocycles. The molecule has 8 heteroatoms. The van der Waals surface area contributed by atoms with Gasteiger partial charge in [-0.3, -0.25) is 4.99 Å². The van der Waals surface area contributed by atoms with Gasteiger partial charge in [0.15, 0.2) is 0 Å². The van der Waals surface area contributed by atoms with Crippen molar-refractivity contribution in [3.05, 3.63) is 72.3 Å². The molecule has 2 fully saturated rings. The van der Waals surface area contributed by atoms with Crippen molar-refractivity contribution >= 4 is 25.5 Å². The fourth-order valence-corrected chi connectivity index (χ4v) is 7.93. The second-order valence-corrected chi connectivity index (χ2v) is 16.7. The van der Waals surface area contributed by atoms with Crippen molar-refractivity contribution in [1.82, 2.24) is 15.3 Å². The van der Waals surface area contributed by atoms with Crippen LogP contribution in [0.3, 0.4) is 0 Å². The molecule has 3 atom stereocenters. The van der Waals surface area contributed by atoms with Crippen molar-refractivity contribution in [3.63, 3.8) is 0 Å². The first-order chi connectivity index (χ1) is 31.2. The van der Waals surface area contributed by atoms with Gasteiger partial charge in [-0.2, -0.15) is 0 Å². The number of hydrogen-bond acceptors (Lipinski definition) is 7. The Hall–Kier alpha value is -3.88. The van der Waals surface area contributed by atoms with Gasteiger partial charge in [0, 0.05) is 39.3 Å². The van der Waals surface area contributed by atoms with Crippen LogP contribution in [0, 0.1) is 23.7 Å². The van der Waals surface area contributed by atoms with E-state index in [1.165, 1.54) is 126 Å². The maximum absolute atomic E-state index is 9.77. The number of aromatic amines is 1. The summed E-state index contributed by atoms with van der Waals surface area (Å²) in [4.78, 5) is 30.1. The maximum atomic E-state index is 9.77. The molecular weight excluding hydrogens is 791 g/mol. The zero-order valence-corrected chi connectivity index (χ0v) is 43.6. The largest absolute Gasteiger partial charge is 0.388 e. The molecule has 366 valence electrons. The number of aldehydes is 1. The number of methoxy groups -OCH3 is 1. The van der Waals surface area contributed by atoms with E-state index in [9.17, 15) is 4.79 Å². The van der Waals surface area contributed by atoms with E-state index >= 15 is 0 Å². The lowest BCUT2D eigenvalue weighted by Crippen LogP contribution is -2.30. The highest BCUT2D eigenvalue weighted by Gasteiger charge is 2.35. The molecule has 8 nitrogen and oxygen atoms in total. The van der Waals surface area contributed by atoms with Crippen molar-refractivity contribution in [3.8, 4) is 22.4 Å². The van der Waals surface area contributed by atoms with E-state index in [-0.39, 0.29) is 0 Å². The lowest BCUT2D eigenvalue weighted by molar-refractivity contribution is -0.108. The molecule has 2 aliphatic carbocycles. The summed E-state index contributed by atoms with van der Waals surface area (Å²) in [6, 6.07) is 17.6. The average molecular weight is 890 g/mol. The van der Waals surface area contributed by atoms with E-state index in [1.54, 1.807) is 14.2 Å². The minimum absolute atomic E-state index is 0.464. The van der Waals surface area contributed by atoms with E-state index in [0.717, 1.165) is 66.6 Å². The van der Waals surface area contributed by atoms with Gasteiger partial charge in [-0.25, -0.2) is 4.98 Å². The average Bonchev–Trinajstić information content (AvgIpc) is 4.03. The Morgan fingerprint density at radius 2 is 1.34 bits per heavy atom. The Bertz CT molecular complexity index is 1470. The van der Waals surface area contributed by atoms with Crippen LogP contribution in [0.2, 0.25) is 0 Å². The van der Waals surface area contributed by atoms with Gasteiger partial charge in [0.1, 0.15) is 18.9 Å². The fraction of sp³-hybridized carbons (Fsp3) is 0.643. The topological polar surface area (TPSA) is 122 Å². The number of nitrogens with two attached hydrogens (primary N) is 1. The molecule has 0 spiro atoms. The molecule has 1 heterocycles. The molecule has 2 aromatic carbocycles. The van der Waals surface area contributed by atoms with Crippen LogP contribution < -0.4 is 11.1 Å². The molecule has 0 radical (unpaired) electrons. The van der Waals surface area contributed by atoms with Gasteiger partial charge in [0.05, 0.1) is 17.6 Å². The second kappa shape index (κ2) is 45.7. The van der Waals surface area contributed by atoms with E-state index in [0.29, 0.717) is 5.92 Å². The lowest BCUT2D eigenvalue weighted by Gasteiger charge is -2.34. The molecule has 64 heavy (non-hydrogen) atoms. The number of nitrogens with zero attached hydrogens (tertiary/aromatic N) is 2. The van der Waals surface area contributed by atoms with E-state index < -0.39 is 0 Å². The van der Waals surface area contributed by atoms with E-state index in [2.05, 4.69) is 141 Å². The molecule has 0 amide bonds. The summed E-state index contributed by atoms with van der Waals surface area (Å²) >= 11 is 0. The summed E-state index contributed by atoms with van der Waals surface area (Å²) in [5.74, 6) is 5.06. The monoisotopic (exact) mass is 890 g/mol. The quantitative estimate of drug-likeness (QED) is 0.0705. The van der Waals surface area contributed by atoms with Crippen LogP contribution in [0.15, 0.2) is 65.9 Å². The van der Waals surface area contributed by atoms with E-state index in [4.69, 9.17) is 4.79 Å². The van der Waals surface area contributed by atoms with Crippen LogP contribution in [-0.4, -0.2) is 57.6 Å². The lowest BCUT2D eigenvalue weighted by atomic mass is 9.73. The molecule has 5 rings (SSSR count). The van der Waals surface area contributed by atoms with Gasteiger partial charge < -0.3 is 30.4 Å². The van der Waals surface area contributed by atoms with Crippen molar-refractivity contribution in [1.29, 1.82) is 0 Å². The van der Waals surface area contributed by atoms with Gasteiger partial charge in [-0.05, 0) is 98.2 Å². The predicted molar refractivity (Wildman–Crippen MR) is 283 cm³/mol. The first-order valence-electron chi connectivity index (χ1n) is 25.1. The summed E-state index contributed by atoms with van der Waals surface area (Å²) in [5, 5.41) is 3.78. The number of benzene rings is 2. The molecule has 1 unspecified atom stereocenters. The van der Waals surface area contributed by atoms with Gasteiger partial charge in [-0.15, -0.1) is 0 Å². The summed E-state index contributed by atoms with van der Waals surface area (Å²) in [5.41, 5.74) is 11.4. The van der Waals surface area contributed by atoms with Crippen molar-refractivity contribution in [2.24, 2.45) is 34.4 Å². The Balaban J connectivity index is -0.00000136. The SMILES string of the molecule is C=N/C=C(\NC[C@@H]1CCCC1C1CCC(C)CC1)c1ccc(-c2ccc(-c3cnc([C@@H](C)CCCC)[nH]3)cc2)cc1.C=O.CC.CCC.CCC.CCCCCCC=O.CN.COC. The Morgan fingerprint density at radius 3 is 1.84 bits per heavy atom. The smallest absolute Gasteiger partial charge is 0.119 e. The summed E-state index contributed by atoms with van der Waals surface area (Å²) in [6.45, 7) is 28.4. The molecule has 3 aromatic rings. The molecule has 2 saturated carbocycles. The molecule has 0 aliphatic heterocycles. The number of H-pyrrole nitrogens is 1. The highest BCUT2D eigenvalue weighted by atomic mass is 16.4. The first-order valence-corrected chi connectivity index (χ1v) is 25.1. The van der Waals surface area contributed by atoms with Gasteiger partial charge >= 0.3 is 0 Å². The minimum Gasteiger partial charge on any atom is -0.388 e. The van der Waals surface area contributed by atoms with Crippen LogP contribution in [0.1, 0.15) is 196 Å². The number of ether oxygens (including phenoxy) is 1. The number of carbonyl (C=O) groups excluding carboxylic acids is 2. The summed E-state index contributed by atoms with van der Waals surface area (Å²) in [6.07, 6.45) is 26.4. The zero-order chi connectivity index (χ0) is 49.0. The fourth-order valence-electron chi connectivity index (χ4n) is 7.93. The maximum Gasteiger partial charge on any atom is 0.119 e. The number of nitrogens with one attached hydrogen (secondary N) is 2. The van der Waals surface area contributed by atoms with Crippen molar-refractivity contribution in [2.45, 2.75) is 184 Å². The highest BCUT2D eigenvalue weighted by molar-refractivity contribution is 5.72. The number of rotatable bonds is 17. The number of unbranched alkanes of at least 4 members (excludes halogenated alkanes) is 5. The number of imidazole rings is 1. The van der Waals surface area contributed by atoms with Crippen LogP contribution in [0.5, 0.6) is 0 Å². The third-order valence-corrected chi connectivity index (χ3v) is 11.1. The van der Waals surface area contributed by atoms with Crippen LogP contribution in [0.25, 0.3) is 28.1 Å². The van der Waals surface area contributed by atoms with Gasteiger partial charge in [0.2, 0.25) is 0 Å². The van der Waals surface area contributed by atoms with Crippen LogP contribution in [0.4, 0.5) is 0 Å². The normalized spacial score (nSPS) is 17.5. The standard InChI is InChI=1S/C37H50N4.C7H14O.2C3H8.C2H6O.C2H6.CH5N.CH2O/c1-5-6-8-27(3)37-40-25-36(41-37)32-21-17-29(18-22-32)28-15-19-31(20-16-28)35(24-38-4)39-23-33-9-7-10-34(33)30-13-11-26(2)12-14-30;1-2-3-4-5-6-7-8;3*1-3-2;3*1-2/h15-22,24-27,30,33-34,39H,4-14,23H2,1-3H3,(H,40,41);7H,2-6H2,1H3;2*3H2,1-2H3;1-2H3;1-2H3;2H2,1H3;1H2/b35-24-;;;;;;;/t26?,27-,30?,33-,34?;;;;;;;/m0......./s1. The summed E-state index contributed by atoms with van der Waals surface area (Å²) < 4.78 is 4.25. The van der Waals surface area contributed by atoms with Crippen LogP contribution in [-0.2, 0) is 14.3 Å². The molecule has 4 N–H and O–H groups in total. The minimum atomic E-state index is 0.464. The third kappa shape index (κ3) is 28.1. The predicted octanol–water partition coefficient (Wildman–Crippen LogP) is 15.5. The summed E-state index contributed by atoms with van der Waals surface area (Å²) in [7, 11) is 4.75. The number of aromatic nitrogens is 2. The Labute approximate surface area is 394 Å². The Kier molecular flexibility index (Phi) is 46.0. The van der Waals surface area contributed by atoms with Gasteiger partial charge in [0.25, 0.3) is 0 Å². The number of carbonyl (C=O) groups is 2. The Morgan fingerprint density at radius 1 is 0.828 bits per heavy atom.